The van der Waals surface area contributed by atoms with Gasteiger partial charge >= 0.3 is 0 Å². The van der Waals surface area contributed by atoms with Crippen LogP contribution in [-0.2, 0) is 10.0 Å². The van der Waals surface area contributed by atoms with Gasteiger partial charge in [0, 0.05) is 18.7 Å². The number of nitrogens with zero attached hydrogens (tertiary/aromatic N) is 1. The molecule has 8 heteroatoms. The molecule has 1 heterocycles. The minimum Gasteiger partial charge on any atom is -0.491 e. The molecule has 1 aliphatic rings. The van der Waals surface area contributed by atoms with Gasteiger partial charge in [0.25, 0.3) is 5.91 Å². The Morgan fingerprint density at radius 3 is 2.59 bits per heavy atom. The standard InChI is InChI=1S/C21H25ClN2O4S/c1-2-14-28-19-9-5-4-8-18(19)23-21(25)16-10-11-17(22)20(15-16)29(26,27)24-12-6-3-7-13-24/h4-5,8-11,15H,2-3,6-7,12-14H2,1H3,(H,23,25). The molecule has 1 amide bonds. The van der Waals surface area contributed by atoms with Crippen LogP contribution in [0.15, 0.2) is 47.4 Å². The molecule has 0 spiro atoms. The van der Waals surface area contributed by atoms with Crippen LogP contribution >= 0.6 is 11.6 Å². The van der Waals surface area contributed by atoms with E-state index in [1.165, 1.54) is 22.5 Å². The van der Waals surface area contributed by atoms with Crippen LogP contribution in [-0.4, -0.2) is 38.3 Å². The number of sulfonamides is 1. The first-order chi connectivity index (χ1) is 13.9. The maximum Gasteiger partial charge on any atom is 0.255 e. The SMILES string of the molecule is CCCOc1ccccc1NC(=O)c1ccc(Cl)c(S(=O)(=O)N2CCCCC2)c1. The van der Waals surface area contributed by atoms with Gasteiger partial charge in [0.1, 0.15) is 10.6 Å². The number of carbonyl (C=O) groups excluding carboxylic acids is 1. The van der Waals surface area contributed by atoms with Crippen LogP contribution in [0.3, 0.4) is 0 Å². The zero-order chi connectivity index (χ0) is 20.9. The number of nitrogens with one attached hydrogen (secondary N) is 1. The summed E-state index contributed by atoms with van der Waals surface area (Å²) in [7, 11) is -3.75. The average Bonchev–Trinajstić information content (AvgIpc) is 2.74. The summed E-state index contributed by atoms with van der Waals surface area (Å²) in [5.74, 6) is 0.141. The summed E-state index contributed by atoms with van der Waals surface area (Å²) in [6, 6.07) is 11.4. The highest BCUT2D eigenvalue weighted by molar-refractivity contribution is 7.89. The summed E-state index contributed by atoms with van der Waals surface area (Å²) in [6.07, 6.45) is 3.51. The van der Waals surface area contributed by atoms with Crippen molar-refractivity contribution in [3.05, 3.63) is 53.1 Å². The Hall–Kier alpha value is -2.09. The Kier molecular flexibility index (Phi) is 7.16. The van der Waals surface area contributed by atoms with E-state index in [2.05, 4.69) is 5.32 Å². The van der Waals surface area contributed by atoms with E-state index >= 15 is 0 Å². The molecule has 6 nitrogen and oxygen atoms in total. The summed E-state index contributed by atoms with van der Waals surface area (Å²) in [4.78, 5) is 12.8. The van der Waals surface area contributed by atoms with E-state index in [-0.39, 0.29) is 15.5 Å². The van der Waals surface area contributed by atoms with Crippen LogP contribution in [0.4, 0.5) is 5.69 Å². The van der Waals surface area contributed by atoms with Gasteiger partial charge in [0.05, 0.1) is 17.3 Å². The van der Waals surface area contributed by atoms with E-state index in [0.29, 0.717) is 31.1 Å². The summed E-state index contributed by atoms with van der Waals surface area (Å²) in [5.41, 5.74) is 0.747. The first kappa shape index (κ1) is 21.6. The predicted octanol–water partition coefficient (Wildman–Crippen LogP) is 4.56. The molecule has 0 aromatic heterocycles. The molecule has 2 aromatic carbocycles. The van der Waals surface area contributed by atoms with Crippen molar-refractivity contribution in [3.8, 4) is 5.75 Å². The molecule has 0 saturated carbocycles. The lowest BCUT2D eigenvalue weighted by molar-refractivity contribution is 0.102. The lowest BCUT2D eigenvalue weighted by Crippen LogP contribution is -2.35. The molecule has 0 atom stereocenters. The number of rotatable bonds is 7. The number of carbonyl (C=O) groups is 1. The van der Waals surface area contributed by atoms with Crippen molar-refractivity contribution in [2.75, 3.05) is 25.0 Å². The lowest BCUT2D eigenvalue weighted by atomic mass is 10.2. The number of amides is 1. The fourth-order valence-corrected chi connectivity index (χ4v) is 5.21. The lowest BCUT2D eigenvalue weighted by Gasteiger charge is -2.26. The third kappa shape index (κ3) is 5.10. The molecule has 0 bridgehead atoms. The first-order valence-corrected chi connectivity index (χ1v) is 11.6. The first-order valence-electron chi connectivity index (χ1n) is 9.76. The normalized spacial score (nSPS) is 15.1. The van der Waals surface area contributed by atoms with Crippen LogP contribution in [0.2, 0.25) is 5.02 Å². The van der Waals surface area contributed by atoms with Gasteiger partial charge < -0.3 is 10.1 Å². The Labute approximate surface area is 176 Å². The number of piperidine rings is 1. The van der Waals surface area contributed by atoms with Crippen LogP contribution < -0.4 is 10.1 Å². The molecule has 3 rings (SSSR count). The van der Waals surface area contributed by atoms with Gasteiger partial charge in [-0.1, -0.05) is 37.1 Å². The van der Waals surface area contributed by atoms with Gasteiger partial charge in [0.2, 0.25) is 10.0 Å². The van der Waals surface area contributed by atoms with Crippen molar-refractivity contribution < 1.29 is 17.9 Å². The molecular formula is C21H25ClN2O4S. The smallest absolute Gasteiger partial charge is 0.255 e. The molecule has 0 unspecified atom stereocenters. The third-order valence-electron chi connectivity index (χ3n) is 4.72. The van der Waals surface area contributed by atoms with E-state index in [4.69, 9.17) is 16.3 Å². The molecule has 1 aliphatic heterocycles. The average molecular weight is 437 g/mol. The van der Waals surface area contributed by atoms with Crippen LogP contribution in [0, 0.1) is 0 Å². The predicted molar refractivity (Wildman–Crippen MR) is 114 cm³/mol. The zero-order valence-corrected chi connectivity index (χ0v) is 17.9. The maximum absolute atomic E-state index is 13.0. The summed E-state index contributed by atoms with van der Waals surface area (Å²) in [5, 5.41) is 2.91. The monoisotopic (exact) mass is 436 g/mol. The maximum atomic E-state index is 13.0. The number of para-hydroxylation sites is 2. The van der Waals surface area contributed by atoms with E-state index in [0.717, 1.165) is 25.7 Å². The Morgan fingerprint density at radius 2 is 1.86 bits per heavy atom. The van der Waals surface area contributed by atoms with Crippen molar-refractivity contribution in [1.82, 2.24) is 4.31 Å². The number of ether oxygens (including phenoxy) is 1. The van der Waals surface area contributed by atoms with Gasteiger partial charge in [-0.2, -0.15) is 4.31 Å². The minimum absolute atomic E-state index is 0.0377. The highest BCUT2D eigenvalue weighted by Gasteiger charge is 2.28. The van der Waals surface area contributed by atoms with Crippen molar-refractivity contribution in [1.29, 1.82) is 0 Å². The van der Waals surface area contributed by atoms with E-state index in [9.17, 15) is 13.2 Å². The highest BCUT2D eigenvalue weighted by Crippen LogP contribution is 2.29. The summed E-state index contributed by atoms with van der Waals surface area (Å²) in [6.45, 7) is 3.47. The van der Waals surface area contributed by atoms with Gasteiger partial charge in [0.15, 0.2) is 0 Å². The van der Waals surface area contributed by atoms with E-state index in [1.807, 2.05) is 13.0 Å². The second kappa shape index (κ2) is 9.61. The van der Waals surface area contributed by atoms with Crippen molar-refractivity contribution >= 4 is 33.2 Å². The van der Waals surface area contributed by atoms with Crippen LogP contribution in [0.1, 0.15) is 43.0 Å². The minimum atomic E-state index is -3.75. The van der Waals surface area contributed by atoms with Gasteiger partial charge in [-0.05, 0) is 49.6 Å². The van der Waals surface area contributed by atoms with Crippen molar-refractivity contribution in [3.63, 3.8) is 0 Å². The molecule has 1 N–H and O–H groups in total. The summed E-state index contributed by atoms with van der Waals surface area (Å²) >= 11 is 6.19. The number of anilines is 1. The Bertz CT molecular complexity index is 972. The van der Waals surface area contributed by atoms with E-state index < -0.39 is 15.9 Å². The molecule has 1 fully saturated rings. The third-order valence-corrected chi connectivity index (χ3v) is 7.10. The molecule has 2 aromatic rings. The number of benzene rings is 2. The Morgan fingerprint density at radius 1 is 1.14 bits per heavy atom. The second-order valence-corrected chi connectivity index (χ2v) is 9.22. The largest absolute Gasteiger partial charge is 0.491 e. The van der Waals surface area contributed by atoms with Gasteiger partial charge in [-0.3, -0.25) is 4.79 Å². The number of hydrogen-bond acceptors (Lipinski definition) is 4. The second-order valence-electron chi connectivity index (χ2n) is 6.91. The quantitative estimate of drug-likeness (QED) is 0.690. The highest BCUT2D eigenvalue weighted by atomic mass is 35.5. The van der Waals surface area contributed by atoms with Crippen molar-refractivity contribution in [2.24, 2.45) is 0 Å². The number of hydrogen-bond donors (Lipinski definition) is 1. The fourth-order valence-electron chi connectivity index (χ4n) is 3.19. The topological polar surface area (TPSA) is 75.7 Å². The molecule has 0 aliphatic carbocycles. The van der Waals surface area contributed by atoms with Gasteiger partial charge in [-0.15, -0.1) is 0 Å². The van der Waals surface area contributed by atoms with Crippen LogP contribution in [0.5, 0.6) is 5.75 Å². The number of halogens is 1. The molecule has 29 heavy (non-hydrogen) atoms. The molecular weight excluding hydrogens is 412 g/mol. The zero-order valence-electron chi connectivity index (χ0n) is 16.4. The van der Waals surface area contributed by atoms with E-state index in [1.54, 1.807) is 18.2 Å². The van der Waals surface area contributed by atoms with Crippen molar-refractivity contribution in [2.45, 2.75) is 37.5 Å². The molecule has 0 radical (unpaired) electrons. The van der Waals surface area contributed by atoms with Gasteiger partial charge in [-0.25, -0.2) is 8.42 Å². The molecule has 1 saturated heterocycles. The van der Waals surface area contributed by atoms with Crippen LogP contribution in [0.25, 0.3) is 0 Å². The summed E-state index contributed by atoms with van der Waals surface area (Å²) < 4.78 is 33.1. The Balaban J connectivity index is 1.85. The molecule has 156 valence electrons. The fraction of sp³-hybridized carbons (Fsp3) is 0.381.